The molecule has 0 bridgehead atoms. The lowest BCUT2D eigenvalue weighted by atomic mass is 9.99. The number of carbonyl (C=O) groups is 1. The van der Waals surface area contributed by atoms with Crippen LogP contribution in [-0.2, 0) is 0 Å². The Hall–Kier alpha value is -2.41. The second-order valence-electron chi connectivity index (χ2n) is 6.13. The van der Waals surface area contributed by atoms with Crippen LogP contribution in [0.25, 0.3) is 11.5 Å². The van der Waals surface area contributed by atoms with Crippen LogP contribution in [0.15, 0.2) is 34.9 Å². The summed E-state index contributed by atoms with van der Waals surface area (Å²) in [5, 5.41) is 16.1. The number of nitrogens with one attached hydrogen (secondary N) is 1. The van der Waals surface area contributed by atoms with E-state index in [2.05, 4.69) is 15.5 Å². The molecular weight excluding hydrogens is 308 g/mol. The molecule has 128 valence electrons. The number of aliphatic hydroxyl groups is 1. The normalized spacial score (nSPS) is 19.1. The van der Waals surface area contributed by atoms with Crippen molar-refractivity contribution in [3.63, 3.8) is 0 Å². The second kappa shape index (κ2) is 7.44. The van der Waals surface area contributed by atoms with Gasteiger partial charge in [-0.2, -0.15) is 4.98 Å². The van der Waals surface area contributed by atoms with Gasteiger partial charge in [0.2, 0.25) is 0 Å². The first kappa shape index (κ1) is 16.4. The highest BCUT2D eigenvalue weighted by Crippen LogP contribution is 2.20. The fourth-order valence-corrected chi connectivity index (χ4v) is 2.85. The Morgan fingerprint density at radius 2 is 2.25 bits per heavy atom. The number of rotatable bonds is 4. The van der Waals surface area contributed by atoms with Crippen LogP contribution < -0.4 is 5.32 Å². The van der Waals surface area contributed by atoms with Gasteiger partial charge in [0.15, 0.2) is 5.82 Å². The average Bonchev–Trinajstić information content (AvgIpc) is 3.13. The zero-order chi connectivity index (χ0) is 16.9. The predicted octanol–water partition coefficient (Wildman–Crippen LogP) is 2.21. The fourth-order valence-electron chi connectivity index (χ4n) is 2.85. The number of hydrogen-bond acceptors (Lipinski definition) is 5. The number of aromatic nitrogens is 2. The summed E-state index contributed by atoms with van der Waals surface area (Å²) in [6.07, 6.45) is 1.87. The quantitative estimate of drug-likeness (QED) is 0.897. The lowest BCUT2D eigenvalue weighted by Crippen LogP contribution is -2.46. The van der Waals surface area contributed by atoms with E-state index in [1.165, 1.54) is 0 Å². The third kappa shape index (κ3) is 3.73. The van der Waals surface area contributed by atoms with Crippen LogP contribution in [0.2, 0.25) is 0 Å². The minimum Gasteiger partial charge on any atom is -0.396 e. The van der Waals surface area contributed by atoms with Crippen molar-refractivity contribution in [2.45, 2.75) is 25.8 Å². The summed E-state index contributed by atoms with van der Waals surface area (Å²) in [4.78, 5) is 18.5. The van der Waals surface area contributed by atoms with Crippen molar-refractivity contribution in [1.29, 1.82) is 0 Å². The van der Waals surface area contributed by atoms with Crippen LogP contribution >= 0.6 is 0 Å². The van der Waals surface area contributed by atoms with Crippen molar-refractivity contribution in [2.75, 3.05) is 19.7 Å². The van der Waals surface area contributed by atoms with Crippen LogP contribution in [0, 0.1) is 5.92 Å². The minimum atomic E-state index is -0.354. The van der Waals surface area contributed by atoms with E-state index in [0.29, 0.717) is 24.8 Å². The van der Waals surface area contributed by atoms with E-state index in [0.717, 1.165) is 18.4 Å². The molecule has 0 saturated carbocycles. The second-order valence-corrected chi connectivity index (χ2v) is 6.13. The first-order valence-electron chi connectivity index (χ1n) is 8.22. The molecule has 2 unspecified atom stereocenters. The molecule has 0 aliphatic carbocycles. The molecule has 1 aliphatic rings. The molecule has 2 N–H and O–H groups in total. The average molecular weight is 330 g/mol. The lowest BCUT2D eigenvalue weighted by Gasteiger charge is -2.32. The maximum Gasteiger partial charge on any atom is 0.317 e. The van der Waals surface area contributed by atoms with Crippen molar-refractivity contribution in [2.24, 2.45) is 5.92 Å². The summed E-state index contributed by atoms with van der Waals surface area (Å²) in [5.74, 6) is 1.04. The number of likely N-dealkylation sites (tertiary alicyclic amines) is 1. The van der Waals surface area contributed by atoms with E-state index in [9.17, 15) is 9.90 Å². The van der Waals surface area contributed by atoms with E-state index in [-0.39, 0.29) is 24.6 Å². The lowest BCUT2D eigenvalue weighted by molar-refractivity contribution is 0.128. The van der Waals surface area contributed by atoms with Crippen molar-refractivity contribution < 1.29 is 14.4 Å². The van der Waals surface area contributed by atoms with Gasteiger partial charge in [-0.3, -0.25) is 0 Å². The SMILES string of the molecule is CC(NC(=O)N1CCCC(CO)C1)c1noc(-c2ccccc2)n1. The first-order valence-corrected chi connectivity index (χ1v) is 8.22. The van der Waals surface area contributed by atoms with Crippen LogP contribution in [0.3, 0.4) is 0 Å². The summed E-state index contributed by atoms with van der Waals surface area (Å²) in [5.41, 5.74) is 0.844. The fraction of sp³-hybridized carbons (Fsp3) is 0.471. The molecule has 7 nitrogen and oxygen atoms in total. The smallest absolute Gasteiger partial charge is 0.317 e. The van der Waals surface area contributed by atoms with Gasteiger partial charge in [-0.25, -0.2) is 4.79 Å². The summed E-state index contributed by atoms with van der Waals surface area (Å²) in [7, 11) is 0. The minimum absolute atomic E-state index is 0.116. The van der Waals surface area contributed by atoms with E-state index < -0.39 is 0 Å². The molecule has 3 rings (SSSR count). The summed E-state index contributed by atoms with van der Waals surface area (Å²) in [6.45, 7) is 3.22. The topological polar surface area (TPSA) is 91.5 Å². The molecule has 1 fully saturated rings. The Balaban J connectivity index is 1.61. The van der Waals surface area contributed by atoms with Crippen molar-refractivity contribution >= 4 is 6.03 Å². The van der Waals surface area contributed by atoms with Crippen LogP contribution in [0.4, 0.5) is 4.79 Å². The molecule has 7 heteroatoms. The Labute approximate surface area is 140 Å². The molecule has 1 aromatic heterocycles. The summed E-state index contributed by atoms with van der Waals surface area (Å²) >= 11 is 0. The molecule has 1 aromatic carbocycles. The van der Waals surface area contributed by atoms with E-state index >= 15 is 0 Å². The highest BCUT2D eigenvalue weighted by Gasteiger charge is 2.25. The molecule has 1 aliphatic heterocycles. The van der Waals surface area contributed by atoms with Gasteiger partial charge in [-0.15, -0.1) is 0 Å². The molecule has 0 radical (unpaired) electrons. The Morgan fingerprint density at radius 1 is 1.46 bits per heavy atom. The Morgan fingerprint density at radius 3 is 3.00 bits per heavy atom. The highest BCUT2D eigenvalue weighted by molar-refractivity contribution is 5.74. The van der Waals surface area contributed by atoms with Crippen molar-refractivity contribution in [3.05, 3.63) is 36.2 Å². The number of amides is 2. The Kier molecular flexibility index (Phi) is 5.10. The predicted molar refractivity (Wildman–Crippen MR) is 88.1 cm³/mol. The zero-order valence-electron chi connectivity index (χ0n) is 13.7. The van der Waals surface area contributed by atoms with Gasteiger partial charge in [-0.05, 0) is 37.8 Å². The zero-order valence-corrected chi connectivity index (χ0v) is 13.7. The Bertz CT molecular complexity index is 673. The third-order valence-electron chi connectivity index (χ3n) is 4.25. The molecule has 1 saturated heterocycles. The molecular formula is C17H22N4O3. The van der Waals surface area contributed by atoms with Crippen LogP contribution in [0.1, 0.15) is 31.6 Å². The number of hydrogen-bond donors (Lipinski definition) is 2. The molecule has 2 aromatic rings. The van der Waals surface area contributed by atoms with Crippen LogP contribution in [-0.4, -0.2) is 45.9 Å². The molecule has 24 heavy (non-hydrogen) atoms. The van der Waals surface area contributed by atoms with Crippen molar-refractivity contribution in [1.82, 2.24) is 20.4 Å². The standard InChI is InChI=1S/C17H22N4O3/c1-12(18-17(23)21-9-5-6-13(10-21)11-22)15-19-16(24-20-15)14-7-3-2-4-8-14/h2-4,7-8,12-13,22H,5-6,9-11H2,1H3,(H,18,23). The monoisotopic (exact) mass is 330 g/mol. The van der Waals surface area contributed by atoms with Gasteiger partial charge in [-0.1, -0.05) is 23.4 Å². The van der Waals surface area contributed by atoms with E-state index in [4.69, 9.17) is 4.52 Å². The van der Waals surface area contributed by atoms with Crippen LogP contribution in [0.5, 0.6) is 0 Å². The van der Waals surface area contributed by atoms with Crippen molar-refractivity contribution in [3.8, 4) is 11.5 Å². The highest BCUT2D eigenvalue weighted by atomic mass is 16.5. The van der Waals surface area contributed by atoms with Gasteiger partial charge in [0, 0.05) is 25.3 Å². The third-order valence-corrected chi connectivity index (χ3v) is 4.25. The van der Waals surface area contributed by atoms with E-state index in [1.54, 1.807) is 4.90 Å². The molecule has 2 heterocycles. The maximum absolute atomic E-state index is 12.4. The first-order chi connectivity index (χ1) is 11.7. The molecule has 0 spiro atoms. The van der Waals surface area contributed by atoms with Gasteiger partial charge < -0.3 is 19.8 Å². The van der Waals surface area contributed by atoms with Gasteiger partial charge in [0.25, 0.3) is 5.89 Å². The molecule has 2 amide bonds. The summed E-state index contributed by atoms with van der Waals surface area (Å²) in [6, 6.07) is 8.99. The number of urea groups is 1. The number of nitrogens with zero attached hydrogens (tertiary/aromatic N) is 3. The number of carbonyl (C=O) groups excluding carboxylic acids is 1. The largest absolute Gasteiger partial charge is 0.396 e. The number of aliphatic hydroxyl groups excluding tert-OH is 1. The van der Waals surface area contributed by atoms with E-state index in [1.807, 2.05) is 37.3 Å². The summed E-state index contributed by atoms with van der Waals surface area (Å²) < 4.78 is 5.27. The maximum atomic E-state index is 12.4. The molecule has 2 atom stereocenters. The number of benzene rings is 1. The van der Waals surface area contributed by atoms with Gasteiger partial charge >= 0.3 is 6.03 Å². The van der Waals surface area contributed by atoms with Gasteiger partial charge in [0.05, 0.1) is 6.04 Å². The number of piperidine rings is 1. The van der Waals surface area contributed by atoms with Gasteiger partial charge in [0.1, 0.15) is 0 Å².